The first-order chi connectivity index (χ1) is 5.57. The summed E-state index contributed by atoms with van der Waals surface area (Å²) in [6.45, 7) is 1.95. The number of amides is 2. The van der Waals surface area contributed by atoms with E-state index >= 15 is 0 Å². The molecule has 12 heavy (non-hydrogen) atoms. The van der Waals surface area contributed by atoms with E-state index in [9.17, 15) is 9.59 Å². The van der Waals surface area contributed by atoms with Gasteiger partial charge in [-0.25, -0.2) is 5.06 Å². The molecule has 0 aliphatic carbocycles. The van der Waals surface area contributed by atoms with Gasteiger partial charge in [-0.05, 0) is 12.8 Å². The molecule has 0 aromatic heterocycles. The zero-order valence-electron chi connectivity index (χ0n) is 7.06. The molecule has 0 spiro atoms. The number of rotatable bonds is 6. The molecule has 0 fully saturated rings. The van der Waals surface area contributed by atoms with E-state index in [-0.39, 0.29) is 18.4 Å². The molecular formula is C7H14N2O3. The number of nitrogens with zero attached hydrogens (tertiary/aromatic N) is 1. The summed E-state index contributed by atoms with van der Waals surface area (Å²) in [6, 6.07) is 0. The summed E-state index contributed by atoms with van der Waals surface area (Å²) >= 11 is 0. The van der Waals surface area contributed by atoms with Crippen LogP contribution in [0.5, 0.6) is 0 Å². The molecule has 0 aromatic carbocycles. The van der Waals surface area contributed by atoms with Crippen molar-refractivity contribution in [2.45, 2.75) is 19.8 Å². The molecule has 0 rings (SSSR count). The molecule has 5 heteroatoms. The van der Waals surface area contributed by atoms with Crippen LogP contribution >= 0.6 is 0 Å². The molecule has 1 atom stereocenters. The summed E-state index contributed by atoms with van der Waals surface area (Å²) in [5.74, 6) is -0.560. The van der Waals surface area contributed by atoms with E-state index in [1.807, 2.05) is 0 Å². The number of hydroxylamine groups is 2. The van der Waals surface area contributed by atoms with E-state index in [0.717, 1.165) is 0 Å². The van der Waals surface area contributed by atoms with E-state index in [0.29, 0.717) is 24.3 Å². The molecule has 2 amide bonds. The number of hydrogen-bond donors (Lipinski definition) is 2. The number of nitrogens with two attached hydrogens (primary N) is 1. The van der Waals surface area contributed by atoms with E-state index in [4.69, 9.17) is 10.9 Å². The topological polar surface area (TPSA) is 83.6 Å². The van der Waals surface area contributed by atoms with Crippen molar-refractivity contribution in [3.05, 3.63) is 0 Å². The molecule has 0 saturated heterocycles. The minimum atomic E-state index is -0.356. The second-order valence-electron chi connectivity index (χ2n) is 2.71. The van der Waals surface area contributed by atoms with Crippen molar-refractivity contribution in [2.24, 2.45) is 11.7 Å². The van der Waals surface area contributed by atoms with Gasteiger partial charge in [0.15, 0.2) is 0 Å². The Balaban J connectivity index is 3.43. The van der Waals surface area contributed by atoms with Crippen molar-refractivity contribution in [3.8, 4) is 0 Å². The zero-order valence-corrected chi connectivity index (χ0v) is 7.06. The molecule has 5 nitrogen and oxygen atoms in total. The van der Waals surface area contributed by atoms with Gasteiger partial charge in [-0.15, -0.1) is 0 Å². The summed E-state index contributed by atoms with van der Waals surface area (Å²) in [4.78, 5) is 20.4. The minimum absolute atomic E-state index is 0.204. The van der Waals surface area contributed by atoms with Crippen molar-refractivity contribution < 1.29 is 14.8 Å². The van der Waals surface area contributed by atoms with Gasteiger partial charge in [-0.1, -0.05) is 6.92 Å². The van der Waals surface area contributed by atoms with Crippen LogP contribution in [0.1, 0.15) is 19.8 Å². The highest BCUT2D eigenvalue weighted by Crippen LogP contribution is 2.04. The van der Waals surface area contributed by atoms with Gasteiger partial charge in [0, 0.05) is 12.5 Å². The molecular weight excluding hydrogens is 160 g/mol. The summed E-state index contributed by atoms with van der Waals surface area (Å²) in [5.41, 5.74) is 5.00. The van der Waals surface area contributed by atoms with Crippen molar-refractivity contribution >= 4 is 12.3 Å². The molecule has 0 radical (unpaired) electrons. The first-order valence-corrected chi connectivity index (χ1v) is 3.78. The van der Waals surface area contributed by atoms with Crippen LogP contribution in [0.25, 0.3) is 0 Å². The Hall–Kier alpha value is -1.10. The standard InChI is InChI=1S/C7H14N2O3/c1-6(7(8)11)3-2-4-9(12)5-10/h5-6,12H,2-4H2,1H3,(H2,8,11)/t6-/m1/s1. The van der Waals surface area contributed by atoms with Crippen LogP contribution in [-0.4, -0.2) is 29.1 Å². The van der Waals surface area contributed by atoms with Crippen LogP contribution < -0.4 is 5.73 Å². The number of carbonyl (C=O) groups excluding carboxylic acids is 2. The lowest BCUT2D eigenvalue weighted by molar-refractivity contribution is -0.149. The highest BCUT2D eigenvalue weighted by molar-refractivity contribution is 5.76. The van der Waals surface area contributed by atoms with Crippen molar-refractivity contribution in [3.63, 3.8) is 0 Å². The van der Waals surface area contributed by atoms with E-state index < -0.39 is 0 Å². The molecule has 70 valence electrons. The third kappa shape index (κ3) is 4.68. The molecule has 0 saturated carbocycles. The second kappa shape index (κ2) is 5.54. The molecule has 0 bridgehead atoms. The molecule has 0 heterocycles. The quantitative estimate of drug-likeness (QED) is 0.330. The Morgan fingerprint density at radius 3 is 2.75 bits per heavy atom. The number of primary amides is 1. The largest absolute Gasteiger partial charge is 0.369 e. The number of hydrogen-bond acceptors (Lipinski definition) is 3. The highest BCUT2D eigenvalue weighted by Gasteiger charge is 2.08. The molecule has 0 aromatic rings. The predicted molar refractivity (Wildman–Crippen MR) is 42.1 cm³/mol. The van der Waals surface area contributed by atoms with Gasteiger partial charge in [0.25, 0.3) is 0 Å². The Kier molecular flexibility index (Phi) is 5.03. The molecule has 3 N–H and O–H groups in total. The lowest BCUT2D eigenvalue weighted by atomic mass is 10.1. The van der Waals surface area contributed by atoms with Crippen LogP contribution in [0.3, 0.4) is 0 Å². The lowest BCUT2D eigenvalue weighted by Gasteiger charge is -2.09. The summed E-state index contributed by atoms with van der Waals surface area (Å²) in [6.07, 6.45) is 1.48. The maximum Gasteiger partial charge on any atom is 0.233 e. The SMILES string of the molecule is C[C@H](CCCN(O)C=O)C(N)=O. The van der Waals surface area contributed by atoms with Gasteiger partial charge in [0.2, 0.25) is 12.3 Å². The first kappa shape index (κ1) is 10.9. The average molecular weight is 174 g/mol. The van der Waals surface area contributed by atoms with E-state index in [2.05, 4.69) is 0 Å². The molecule has 0 aliphatic rings. The van der Waals surface area contributed by atoms with Crippen molar-refractivity contribution in [1.82, 2.24) is 5.06 Å². The normalized spacial score (nSPS) is 12.2. The van der Waals surface area contributed by atoms with Crippen LogP contribution in [0.15, 0.2) is 0 Å². The lowest BCUT2D eigenvalue weighted by Crippen LogP contribution is -2.23. The molecule has 0 unspecified atom stereocenters. The van der Waals surface area contributed by atoms with Gasteiger partial charge in [-0.3, -0.25) is 14.8 Å². The number of carbonyl (C=O) groups is 2. The maximum atomic E-state index is 10.5. The fourth-order valence-corrected chi connectivity index (χ4v) is 0.754. The van der Waals surface area contributed by atoms with Crippen LogP contribution in [0, 0.1) is 5.92 Å². The van der Waals surface area contributed by atoms with Crippen molar-refractivity contribution in [2.75, 3.05) is 6.54 Å². The van der Waals surface area contributed by atoms with Gasteiger partial charge >= 0.3 is 0 Å². The van der Waals surface area contributed by atoms with Crippen LogP contribution in [0.2, 0.25) is 0 Å². The monoisotopic (exact) mass is 174 g/mol. The summed E-state index contributed by atoms with van der Waals surface area (Å²) in [5, 5.41) is 9.21. The Bertz CT molecular complexity index is 161. The van der Waals surface area contributed by atoms with Crippen molar-refractivity contribution in [1.29, 1.82) is 0 Å². The predicted octanol–water partition coefficient (Wildman–Crippen LogP) is -0.264. The maximum absolute atomic E-state index is 10.5. The first-order valence-electron chi connectivity index (χ1n) is 3.78. The van der Waals surface area contributed by atoms with E-state index in [1.165, 1.54) is 0 Å². The smallest absolute Gasteiger partial charge is 0.233 e. The van der Waals surface area contributed by atoms with Crippen LogP contribution in [-0.2, 0) is 9.59 Å². The fourth-order valence-electron chi connectivity index (χ4n) is 0.754. The zero-order chi connectivity index (χ0) is 9.56. The Morgan fingerprint density at radius 2 is 2.33 bits per heavy atom. The van der Waals surface area contributed by atoms with E-state index in [1.54, 1.807) is 6.92 Å². The highest BCUT2D eigenvalue weighted by atomic mass is 16.5. The molecule has 0 aliphatic heterocycles. The van der Waals surface area contributed by atoms with Crippen LogP contribution in [0.4, 0.5) is 0 Å². The Labute approximate surface area is 71.1 Å². The summed E-state index contributed by atoms with van der Waals surface area (Å²) < 4.78 is 0. The third-order valence-corrected chi connectivity index (χ3v) is 1.63. The average Bonchev–Trinajstić information content (AvgIpc) is 2.03. The van der Waals surface area contributed by atoms with Gasteiger partial charge in [0.05, 0.1) is 0 Å². The second-order valence-corrected chi connectivity index (χ2v) is 2.71. The summed E-state index contributed by atoms with van der Waals surface area (Å²) in [7, 11) is 0. The fraction of sp³-hybridized carbons (Fsp3) is 0.714. The third-order valence-electron chi connectivity index (χ3n) is 1.63. The minimum Gasteiger partial charge on any atom is -0.369 e. The Morgan fingerprint density at radius 1 is 1.75 bits per heavy atom. The van der Waals surface area contributed by atoms with Gasteiger partial charge in [0.1, 0.15) is 0 Å². The van der Waals surface area contributed by atoms with Gasteiger partial charge < -0.3 is 5.73 Å². The van der Waals surface area contributed by atoms with Gasteiger partial charge in [-0.2, -0.15) is 0 Å².